The van der Waals surface area contributed by atoms with E-state index in [4.69, 9.17) is 4.99 Å². The van der Waals surface area contributed by atoms with Gasteiger partial charge >= 0.3 is 0 Å². The number of rotatable bonds is 8. The molecular formula is C30H42N3+. The van der Waals surface area contributed by atoms with Gasteiger partial charge in [0, 0.05) is 11.1 Å². The first kappa shape index (κ1) is 25.0. The van der Waals surface area contributed by atoms with Crippen LogP contribution in [-0.4, -0.2) is 10.3 Å². The van der Waals surface area contributed by atoms with Gasteiger partial charge in [-0.15, -0.1) is 0 Å². The fraction of sp³-hybridized carbons (Fsp3) is 0.467. The molecule has 0 fully saturated rings. The van der Waals surface area contributed by atoms with E-state index in [0.717, 1.165) is 17.9 Å². The second kappa shape index (κ2) is 10.5. The Morgan fingerprint density at radius 2 is 1.21 bits per heavy atom. The molecule has 0 unspecified atom stereocenters. The van der Waals surface area contributed by atoms with Crippen molar-refractivity contribution in [1.82, 2.24) is 4.57 Å². The van der Waals surface area contributed by atoms with Gasteiger partial charge < -0.3 is 0 Å². The molecule has 1 heterocycles. The lowest BCUT2D eigenvalue weighted by molar-refractivity contribution is -0.681. The van der Waals surface area contributed by atoms with Crippen molar-refractivity contribution in [2.75, 3.05) is 0 Å². The quantitative estimate of drug-likeness (QED) is 0.247. The van der Waals surface area contributed by atoms with Crippen LogP contribution in [-0.2, 0) is 6.54 Å². The van der Waals surface area contributed by atoms with E-state index in [9.17, 15) is 0 Å². The number of hydrogen-bond donors (Lipinski definition) is 0. The Labute approximate surface area is 201 Å². The molecule has 0 saturated carbocycles. The minimum atomic E-state index is 0.450. The normalized spacial score (nSPS) is 12.6. The minimum Gasteiger partial charge on any atom is -0.253 e. The highest BCUT2D eigenvalue weighted by Gasteiger charge is 2.20. The van der Waals surface area contributed by atoms with Gasteiger partial charge in [-0.3, -0.25) is 4.99 Å². The van der Waals surface area contributed by atoms with Gasteiger partial charge in [0.2, 0.25) is 6.33 Å². The molecule has 3 heteroatoms. The average molecular weight is 445 g/mol. The fourth-order valence-electron chi connectivity index (χ4n) is 4.56. The number of nitrogens with zero attached hydrogens (tertiary/aromatic N) is 3. The molecular weight excluding hydrogens is 402 g/mol. The summed E-state index contributed by atoms with van der Waals surface area (Å²) in [6, 6.07) is 13.3. The van der Waals surface area contributed by atoms with Crippen molar-refractivity contribution in [2.24, 2.45) is 4.99 Å². The summed E-state index contributed by atoms with van der Waals surface area (Å²) >= 11 is 0. The first-order valence-electron chi connectivity index (χ1n) is 12.5. The van der Waals surface area contributed by atoms with Crippen molar-refractivity contribution in [3.63, 3.8) is 0 Å². The van der Waals surface area contributed by atoms with Crippen LogP contribution in [0.4, 0.5) is 5.69 Å². The summed E-state index contributed by atoms with van der Waals surface area (Å²) in [7, 11) is 0. The Morgan fingerprint density at radius 1 is 0.758 bits per heavy atom. The molecule has 0 N–H and O–H groups in total. The van der Waals surface area contributed by atoms with Gasteiger partial charge in [0.05, 0.1) is 11.4 Å². The maximum atomic E-state index is 5.16. The monoisotopic (exact) mass is 444 g/mol. The summed E-state index contributed by atoms with van der Waals surface area (Å²) in [5, 5.41) is 0. The van der Waals surface area contributed by atoms with Crippen LogP contribution in [0.5, 0.6) is 0 Å². The molecule has 0 aliphatic heterocycles. The van der Waals surface area contributed by atoms with Crippen LogP contribution >= 0.6 is 0 Å². The molecule has 3 nitrogen and oxygen atoms in total. The molecule has 2 aromatic carbocycles. The highest BCUT2D eigenvalue weighted by atomic mass is 15.1. The van der Waals surface area contributed by atoms with Gasteiger partial charge in [-0.05, 0) is 41.7 Å². The molecule has 176 valence electrons. The van der Waals surface area contributed by atoms with Gasteiger partial charge in [-0.1, -0.05) is 91.8 Å². The highest BCUT2D eigenvalue weighted by molar-refractivity contribution is 5.84. The Bertz CT molecular complexity index is 1060. The van der Waals surface area contributed by atoms with Crippen LogP contribution in [0, 0.1) is 0 Å². The Kier molecular flexibility index (Phi) is 7.94. The zero-order valence-corrected chi connectivity index (χ0v) is 22.1. The van der Waals surface area contributed by atoms with Crippen molar-refractivity contribution in [2.45, 2.75) is 92.5 Å². The third-order valence-electron chi connectivity index (χ3n) is 6.35. The van der Waals surface area contributed by atoms with E-state index in [1.807, 2.05) is 0 Å². The predicted molar refractivity (Wildman–Crippen MR) is 142 cm³/mol. The summed E-state index contributed by atoms with van der Waals surface area (Å²) in [6.07, 6.45) is 6.56. The van der Waals surface area contributed by atoms with Gasteiger partial charge in [0.25, 0.3) is 0 Å². The molecule has 3 aromatic rings. The molecule has 0 saturated heterocycles. The zero-order valence-electron chi connectivity index (χ0n) is 22.1. The van der Waals surface area contributed by atoms with Crippen LogP contribution in [0.25, 0.3) is 5.69 Å². The summed E-state index contributed by atoms with van der Waals surface area (Å²) in [5.74, 6) is 1.84. The number of aliphatic imine (C=N–C) groups is 1. The number of para-hydroxylation sites is 2. The van der Waals surface area contributed by atoms with Gasteiger partial charge in [0.15, 0.2) is 0 Å². The summed E-state index contributed by atoms with van der Waals surface area (Å²) in [5.41, 5.74) is 9.04. The first-order valence-corrected chi connectivity index (χ1v) is 12.5. The van der Waals surface area contributed by atoms with Gasteiger partial charge in [-0.25, -0.2) is 9.13 Å². The standard InChI is InChI=1S/C30H42N3/c1-20(2)25-12-10-13-26(21(3)4)29(25)31-24(9)18-32-16-17-33(19-32)30-27(22(5)6)14-11-15-28(30)23(7)8/h10-17,19-23H,18H2,1-9H3/q+1. The van der Waals surface area contributed by atoms with Crippen molar-refractivity contribution >= 4 is 11.4 Å². The Balaban J connectivity index is 1.97. The first-order chi connectivity index (χ1) is 15.6. The number of hydrogen-bond acceptors (Lipinski definition) is 1. The predicted octanol–water partition coefficient (Wildman–Crippen LogP) is 8.05. The van der Waals surface area contributed by atoms with Crippen molar-refractivity contribution in [3.8, 4) is 5.69 Å². The Morgan fingerprint density at radius 3 is 1.67 bits per heavy atom. The molecule has 3 rings (SSSR count). The van der Waals surface area contributed by atoms with Gasteiger partial charge in [-0.2, -0.15) is 0 Å². The summed E-state index contributed by atoms with van der Waals surface area (Å²) in [4.78, 5) is 5.16. The van der Waals surface area contributed by atoms with Crippen LogP contribution < -0.4 is 4.57 Å². The zero-order chi connectivity index (χ0) is 24.3. The van der Waals surface area contributed by atoms with Crippen molar-refractivity contribution in [3.05, 3.63) is 77.4 Å². The fourth-order valence-corrected chi connectivity index (χ4v) is 4.56. The van der Waals surface area contributed by atoms with E-state index in [-0.39, 0.29) is 0 Å². The molecule has 0 atom stereocenters. The van der Waals surface area contributed by atoms with E-state index in [2.05, 4.69) is 127 Å². The maximum absolute atomic E-state index is 5.16. The third-order valence-corrected chi connectivity index (χ3v) is 6.35. The van der Waals surface area contributed by atoms with E-state index < -0.39 is 0 Å². The summed E-state index contributed by atoms with van der Waals surface area (Å²) < 4.78 is 4.53. The van der Waals surface area contributed by atoms with Crippen molar-refractivity contribution < 1.29 is 4.57 Å². The minimum absolute atomic E-state index is 0.450. The largest absolute Gasteiger partial charge is 0.253 e. The van der Waals surface area contributed by atoms with E-state index in [1.165, 1.54) is 27.9 Å². The number of aromatic nitrogens is 2. The SMILES string of the molecule is CC(C[n+]1ccn(-c2c(C(C)C)cccc2C(C)C)c1)=Nc1c(C(C)C)cccc1C(C)C. The molecule has 1 aromatic heterocycles. The molecule has 0 spiro atoms. The average Bonchev–Trinajstić information content (AvgIpc) is 3.20. The second-order valence-corrected chi connectivity index (χ2v) is 10.5. The van der Waals surface area contributed by atoms with Crippen LogP contribution in [0.2, 0.25) is 0 Å². The van der Waals surface area contributed by atoms with E-state index >= 15 is 0 Å². The van der Waals surface area contributed by atoms with Crippen LogP contribution in [0.1, 0.15) is 108 Å². The lowest BCUT2D eigenvalue weighted by Gasteiger charge is -2.17. The Hall–Kier alpha value is -2.68. The summed E-state index contributed by atoms with van der Waals surface area (Å²) in [6.45, 7) is 21.0. The van der Waals surface area contributed by atoms with Crippen LogP contribution in [0.3, 0.4) is 0 Å². The highest BCUT2D eigenvalue weighted by Crippen LogP contribution is 2.35. The lowest BCUT2D eigenvalue weighted by atomic mass is 9.92. The number of benzene rings is 2. The number of imidazole rings is 1. The van der Waals surface area contributed by atoms with Gasteiger partial charge in [0.1, 0.15) is 24.6 Å². The second-order valence-electron chi connectivity index (χ2n) is 10.5. The van der Waals surface area contributed by atoms with E-state index in [1.54, 1.807) is 0 Å². The van der Waals surface area contributed by atoms with E-state index in [0.29, 0.717) is 23.7 Å². The smallest absolute Gasteiger partial charge is 0.249 e. The third kappa shape index (κ3) is 5.63. The maximum Gasteiger partial charge on any atom is 0.249 e. The lowest BCUT2D eigenvalue weighted by Crippen LogP contribution is -2.34. The molecule has 0 radical (unpaired) electrons. The molecule has 33 heavy (non-hydrogen) atoms. The topological polar surface area (TPSA) is 21.2 Å². The van der Waals surface area contributed by atoms with Crippen LogP contribution in [0.15, 0.2) is 60.1 Å². The molecule has 0 aliphatic carbocycles. The molecule has 0 aliphatic rings. The van der Waals surface area contributed by atoms with Crippen molar-refractivity contribution in [1.29, 1.82) is 0 Å². The molecule has 0 bridgehead atoms. The molecule has 0 amide bonds.